The number of amides is 1. The minimum atomic E-state index is -0.900. The second-order valence-electron chi connectivity index (χ2n) is 5.88. The average Bonchev–Trinajstić information content (AvgIpc) is 2.44. The van der Waals surface area contributed by atoms with E-state index in [0.717, 1.165) is 37.8 Å². The van der Waals surface area contributed by atoms with E-state index in [9.17, 15) is 13.6 Å². The van der Waals surface area contributed by atoms with Crippen LogP contribution in [-0.4, -0.2) is 11.9 Å². The van der Waals surface area contributed by atoms with Gasteiger partial charge in [-0.05, 0) is 43.4 Å². The van der Waals surface area contributed by atoms with Crippen LogP contribution in [0.4, 0.5) is 8.78 Å². The highest BCUT2D eigenvalue weighted by atomic mass is 35.5. The number of rotatable bonds is 4. The van der Waals surface area contributed by atoms with Gasteiger partial charge in [0.2, 0.25) is 5.91 Å². The number of hydrogen-bond donors (Lipinski definition) is 2. The predicted octanol–water partition coefficient (Wildman–Crippen LogP) is 3.47. The van der Waals surface area contributed by atoms with Crippen molar-refractivity contribution in [2.24, 2.45) is 11.7 Å². The van der Waals surface area contributed by atoms with Crippen molar-refractivity contribution in [3.05, 3.63) is 35.4 Å². The molecule has 2 rings (SSSR count). The molecule has 1 saturated carbocycles. The molecule has 6 heteroatoms. The van der Waals surface area contributed by atoms with E-state index < -0.39 is 11.6 Å². The molecule has 22 heavy (non-hydrogen) atoms. The first-order valence-corrected chi connectivity index (χ1v) is 7.47. The van der Waals surface area contributed by atoms with E-state index in [2.05, 4.69) is 5.32 Å². The van der Waals surface area contributed by atoms with Crippen LogP contribution in [0.1, 0.15) is 50.6 Å². The van der Waals surface area contributed by atoms with Crippen molar-refractivity contribution in [2.45, 2.75) is 51.1 Å². The van der Waals surface area contributed by atoms with Gasteiger partial charge in [-0.1, -0.05) is 18.9 Å². The molecule has 1 aromatic rings. The third-order valence-corrected chi connectivity index (χ3v) is 4.24. The number of nitrogens with two attached hydrogens (primary N) is 1. The zero-order chi connectivity index (χ0) is 15.4. The number of carbonyl (C=O) groups excluding carboxylic acids is 1. The fraction of sp³-hybridized carbons (Fsp3) is 0.562. The zero-order valence-electron chi connectivity index (χ0n) is 12.6. The Labute approximate surface area is 136 Å². The number of nitrogens with one attached hydrogen (secondary N) is 1. The van der Waals surface area contributed by atoms with E-state index in [1.807, 2.05) is 0 Å². The van der Waals surface area contributed by atoms with Crippen LogP contribution in [0.15, 0.2) is 18.2 Å². The number of hydrogen-bond acceptors (Lipinski definition) is 2. The maximum absolute atomic E-state index is 13.2. The van der Waals surface area contributed by atoms with Gasteiger partial charge in [0.25, 0.3) is 0 Å². The third kappa shape index (κ3) is 4.92. The van der Waals surface area contributed by atoms with Gasteiger partial charge in [0.05, 0.1) is 6.04 Å². The molecule has 124 valence electrons. The van der Waals surface area contributed by atoms with E-state index >= 15 is 0 Å². The van der Waals surface area contributed by atoms with Crippen molar-refractivity contribution in [1.82, 2.24) is 5.32 Å². The van der Waals surface area contributed by atoms with Crippen LogP contribution in [-0.2, 0) is 4.79 Å². The molecule has 1 aliphatic carbocycles. The summed E-state index contributed by atoms with van der Waals surface area (Å²) in [6.45, 7) is 1.76. The van der Waals surface area contributed by atoms with Gasteiger partial charge in [0.1, 0.15) is 0 Å². The second-order valence-corrected chi connectivity index (χ2v) is 5.88. The molecule has 1 fully saturated rings. The lowest BCUT2D eigenvalue weighted by Crippen LogP contribution is -2.37. The first kappa shape index (κ1) is 18.8. The maximum atomic E-state index is 13.2. The lowest BCUT2D eigenvalue weighted by molar-refractivity contribution is -0.123. The molecular weight excluding hydrogens is 310 g/mol. The highest BCUT2D eigenvalue weighted by molar-refractivity contribution is 5.85. The molecule has 0 bridgehead atoms. The van der Waals surface area contributed by atoms with E-state index in [-0.39, 0.29) is 36.3 Å². The minimum Gasteiger partial charge on any atom is -0.350 e. The Morgan fingerprint density at radius 3 is 2.64 bits per heavy atom. The molecule has 0 aromatic heterocycles. The van der Waals surface area contributed by atoms with Gasteiger partial charge in [-0.15, -0.1) is 12.4 Å². The standard InChI is InChI=1S/C16H22F2N2O.ClH/c1-10(11-6-7-13(17)14(18)8-11)20-16(21)9-12-4-2-3-5-15(12)19;/h6-8,10,12,15H,2-5,9,19H2,1H3,(H,20,21);1H. The van der Waals surface area contributed by atoms with Crippen molar-refractivity contribution in [1.29, 1.82) is 0 Å². The quantitative estimate of drug-likeness (QED) is 0.887. The van der Waals surface area contributed by atoms with Crippen LogP contribution in [0, 0.1) is 17.6 Å². The Bertz CT molecular complexity index is 513. The summed E-state index contributed by atoms with van der Waals surface area (Å²) in [5, 5.41) is 2.83. The Balaban J connectivity index is 0.00000242. The first-order chi connectivity index (χ1) is 9.97. The fourth-order valence-electron chi connectivity index (χ4n) is 2.89. The van der Waals surface area contributed by atoms with Crippen LogP contribution in [0.25, 0.3) is 0 Å². The van der Waals surface area contributed by atoms with Gasteiger partial charge >= 0.3 is 0 Å². The van der Waals surface area contributed by atoms with Gasteiger partial charge < -0.3 is 11.1 Å². The van der Waals surface area contributed by atoms with Crippen LogP contribution >= 0.6 is 12.4 Å². The molecule has 0 saturated heterocycles. The van der Waals surface area contributed by atoms with Crippen molar-refractivity contribution >= 4 is 18.3 Å². The highest BCUT2D eigenvalue weighted by Crippen LogP contribution is 2.26. The molecule has 0 spiro atoms. The summed E-state index contributed by atoms with van der Waals surface area (Å²) in [6, 6.07) is 3.41. The maximum Gasteiger partial charge on any atom is 0.220 e. The largest absolute Gasteiger partial charge is 0.350 e. The summed E-state index contributed by atoms with van der Waals surface area (Å²) in [4.78, 5) is 12.1. The van der Waals surface area contributed by atoms with Gasteiger partial charge in [-0.3, -0.25) is 4.79 Å². The summed E-state index contributed by atoms with van der Waals surface area (Å²) in [5.41, 5.74) is 6.59. The van der Waals surface area contributed by atoms with Crippen molar-refractivity contribution < 1.29 is 13.6 Å². The Kier molecular flexibility index (Phi) is 7.23. The highest BCUT2D eigenvalue weighted by Gasteiger charge is 2.24. The van der Waals surface area contributed by atoms with Crippen molar-refractivity contribution in [2.75, 3.05) is 0 Å². The summed E-state index contributed by atoms with van der Waals surface area (Å²) in [6.07, 6.45) is 4.59. The molecule has 3 atom stereocenters. The van der Waals surface area contributed by atoms with E-state index in [1.54, 1.807) is 6.92 Å². The number of carbonyl (C=O) groups is 1. The molecule has 1 aromatic carbocycles. The van der Waals surface area contributed by atoms with Crippen molar-refractivity contribution in [3.8, 4) is 0 Å². The van der Waals surface area contributed by atoms with E-state index in [0.29, 0.717) is 12.0 Å². The molecule has 0 heterocycles. The van der Waals surface area contributed by atoms with E-state index in [1.165, 1.54) is 6.07 Å². The second kappa shape index (κ2) is 8.44. The van der Waals surface area contributed by atoms with Gasteiger partial charge in [0.15, 0.2) is 11.6 Å². The van der Waals surface area contributed by atoms with Crippen molar-refractivity contribution in [3.63, 3.8) is 0 Å². The normalized spacial score (nSPS) is 22.5. The summed E-state index contributed by atoms with van der Waals surface area (Å²) >= 11 is 0. The van der Waals surface area contributed by atoms with Crippen LogP contribution < -0.4 is 11.1 Å². The van der Waals surface area contributed by atoms with Crippen LogP contribution in [0.2, 0.25) is 0 Å². The number of halogens is 3. The predicted molar refractivity (Wildman–Crippen MR) is 84.7 cm³/mol. The minimum absolute atomic E-state index is 0. The summed E-state index contributed by atoms with van der Waals surface area (Å²) < 4.78 is 26.1. The third-order valence-electron chi connectivity index (χ3n) is 4.24. The Morgan fingerprint density at radius 1 is 1.32 bits per heavy atom. The average molecular weight is 333 g/mol. The molecule has 3 unspecified atom stereocenters. The van der Waals surface area contributed by atoms with E-state index in [4.69, 9.17) is 5.73 Å². The molecule has 1 amide bonds. The molecule has 0 radical (unpaired) electrons. The van der Waals surface area contributed by atoms with Crippen LogP contribution in [0.5, 0.6) is 0 Å². The van der Waals surface area contributed by atoms with Gasteiger partial charge in [-0.2, -0.15) is 0 Å². The van der Waals surface area contributed by atoms with Crippen LogP contribution in [0.3, 0.4) is 0 Å². The summed E-state index contributed by atoms with van der Waals surface area (Å²) in [7, 11) is 0. The zero-order valence-corrected chi connectivity index (χ0v) is 13.5. The van der Waals surface area contributed by atoms with Gasteiger partial charge in [-0.25, -0.2) is 8.78 Å². The molecule has 3 N–H and O–H groups in total. The monoisotopic (exact) mass is 332 g/mol. The number of benzene rings is 1. The summed E-state index contributed by atoms with van der Waals surface area (Å²) in [5.74, 6) is -1.65. The lowest BCUT2D eigenvalue weighted by Gasteiger charge is -2.28. The molecule has 1 aliphatic rings. The topological polar surface area (TPSA) is 55.1 Å². The first-order valence-electron chi connectivity index (χ1n) is 7.47. The lowest BCUT2D eigenvalue weighted by atomic mass is 9.83. The fourth-order valence-corrected chi connectivity index (χ4v) is 2.89. The Hall–Kier alpha value is -1.20. The Morgan fingerprint density at radius 2 is 2.00 bits per heavy atom. The SMILES string of the molecule is CC(NC(=O)CC1CCCCC1N)c1ccc(F)c(F)c1.Cl. The smallest absolute Gasteiger partial charge is 0.220 e. The van der Waals surface area contributed by atoms with Gasteiger partial charge in [0, 0.05) is 12.5 Å². The molecule has 3 nitrogen and oxygen atoms in total. The molecular formula is C16H23ClF2N2O. The molecule has 0 aliphatic heterocycles.